The third-order valence-corrected chi connectivity index (χ3v) is 5.03. The van der Waals surface area contributed by atoms with Crippen molar-refractivity contribution in [1.82, 2.24) is 30.1 Å². The summed E-state index contributed by atoms with van der Waals surface area (Å²) in [6.45, 7) is 0. The molecule has 7 heteroatoms. The zero-order valence-corrected chi connectivity index (χ0v) is 15.1. The van der Waals surface area contributed by atoms with E-state index in [2.05, 4.69) is 42.3 Å². The number of hydrogen-bond acceptors (Lipinski definition) is 5. The molecule has 7 nitrogen and oxygen atoms in total. The van der Waals surface area contributed by atoms with Gasteiger partial charge >= 0.3 is 0 Å². The van der Waals surface area contributed by atoms with Crippen LogP contribution in [0, 0.1) is 0 Å². The summed E-state index contributed by atoms with van der Waals surface area (Å²) in [5.74, 6) is 0.668. The van der Waals surface area contributed by atoms with E-state index in [1.165, 1.54) is 0 Å². The van der Waals surface area contributed by atoms with Gasteiger partial charge in [0.25, 0.3) is 0 Å². The molecule has 2 N–H and O–H groups in total. The predicted octanol–water partition coefficient (Wildman–Crippen LogP) is 4.82. The molecule has 138 valence electrons. The van der Waals surface area contributed by atoms with Crippen LogP contribution in [0.2, 0.25) is 0 Å². The van der Waals surface area contributed by atoms with Crippen LogP contribution >= 0.6 is 0 Å². The van der Waals surface area contributed by atoms with Gasteiger partial charge in [0.05, 0.1) is 23.6 Å². The van der Waals surface area contributed by atoms with Gasteiger partial charge in [-0.1, -0.05) is 6.07 Å². The van der Waals surface area contributed by atoms with Crippen molar-refractivity contribution in [2.24, 2.45) is 0 Å². The highest BCUT2D eigenvalue weighted by Crippen LogP contribution is 2.32. The summed E-state index contributed by atoms with van der Waals surface area (Å²) in [6, 6.07) is 14.0. The summed E-state index contributed by atoms with van der Waals surface area (Å²) in [4.78, 5) is 16.6. The van der Waals surface area contributed by atoms with Crippen molar-refractivity contribution < 1.29 is 4.42 Å². The predicted molar refractivity (Wildman–Crippen MR) is 110 cm³/mol. The summed E-state index contributed by atoms with van der Waals surface area (Å²) in [6.07, 6.45) is 8.69. The number of fused-ring (bicyclic) bond motifs is 2. The van der Waals surface area contributed by atoms with E-state index < -0.39 is 0 Å². The molecule has 0 amide bonds. The van der Waals surface area contributed by atoms with Gasteiger partial charge in [-0.15, -0.1) is 0 Å². The van der Waals surface area contributed by atoms with Crippen LogP contribution in [0.3, 0.4) is 0 Å². The van der Waals surface area contributed by atoms with E-state index in [9.17, 15) is 0 Å². The molecular formula is C22H14N6O. The molecule has 0 aliphatic carbocycles. The lowest BCUT2D eigenvalue weighted by Gasteiger charge is -2.01. The second-order valence-corrected chi connectivity index (χ2v) is 6.72. The Morgan fingerprint density at radius 1 is 0.862 bits per heavy atom. The molecule has 0 fully saturated rings. The number of imidazole rings is 1. The normalized spacial score (nSPS) is 11.4. The SMILES string of the molecule is c1cc(-c2ccc3[nH]nc(-c4nc5nccc(-c6ccoc6)c5[nH]4)c3c2)ccn1. The summed E-state index contributed by atoms with van der Waals surface area (Å²) >= 11 is 0. The van der Waals surface area contributed by atoms with Crippen molar-refractivity contribution >= 4 is 22.1 Å². The molecule has 0 aliphatic rings. The van der Waals surface area contributed by atoms with Gasteiger partial charge in [0.15, 0.2) is 11.5 Å². The molecule has 5 heterocycles. The molecule has 0 bridgehead atoms. The average Bonchev–Trinajstić information content (AvgIpc) is 3.52. The van der Waals surface area contributed by atoms with Gasteiger partial charge in [-0.3, -0.25) is 10.1 Å². The number of nitrogens with one attached hydrogen (secondary N) is 2. The molecule has 1 aromatic carbocycles. The van der Waals surface area contributed by atoms with Gasteiger partial charge in [-0.25, -0.2) is 9.97 Å². The Kier molecular flexibility index (Phi) is 3.33. The van der Waals surface area contributed by atoms with Crippen LogP contribution in [-0.2, 0) is 0 Å². The number of rotatable bonds is 3. The molecule has 0 aliphatic heterocycles. The number of nitrogens with zero attached hydrogens (tertiary/aromatic N) is 4. The standard InChI is InChI=1S/C22H14N6O/c1-2-18-17(11-14(1)13-3-7-23-8-4-13)20(28-27-18)22-25-19-16(15-6-10-29-12-15)5-9-24-21(19)26-22/h1-12H,(H,27,28)(H,24,25,26). The van der Waals surface area contributed by atoms with Gasteiger partial charge in [-0.2, -0.15) is 5.10 Å². The van der Waals surface area contributed by atoms with Crippen LogP contribution in [0.4, 0.5) is 0 Å². The number of aromatic nitrogens is 6. The minimum atomic E-state index is 0.639. The third kappa shape index (κ3) is 2.52. The number of H-pyrrole nitrogens is 2. The van der Waals surface area contributed by atoms with E-state index in [-0.39, 0.29) is 0 Å². The highest BCUT2D eigenvalue weighted by molar-refractivity contribution is 5.97. The largest absolute Gasteiger partial charge is 0.472 e. The van der Waals surface area contributed by atoms with Crippen molar-refractivity contribution in [3.8, 4) is 33.8 Å². The Balaban J connectivity index is 1.53. The van der Waals surface area contributed by atoms with E-state index in [0.717, 1.165) is 44.4 Å². The zero-order valence-electron chi connectivity index (χ0n) is 15.1. The lowest BCUT2D eigenvalue weighted by molar-refractivity contribution is 0.568. The van der Waals surface area contributed by atoms with Crippen LogP contribution in [0.1, 0.15) is 0 Å². The molecule has 5 aromatic heterocycles. The fraction of sp³-hybridized carbons (Fsp3) is 0. The molecule has 6 aromatic rings. The summed E-state index contributed by atoms with van der Waals surface area (Å²) in [7, 11) is 0. The first kappa shape index (κ1) is 15.8. The second-order valence-electron chi connectivity index (χ2n) is 6.72. The molecule has 0 spiro atoms. The topological polar surface area (TPSA) is 96.3 Å². The molecule has 0 atom stereocenters. The molecular weight excluding hydrogens is 364 g/mol. The van der Waals surface area contributed by atoms with Crippen molar-refractivity contribution in [2.45, 2.75) is 0 Å². The minimum absolute atomic E-state index is 0.639. The first-order valence-corrected chi connectivity index (χ1v) is 9.13. The Morgan fingerprint density at radius 3 is 2.66 bits per heavy atom. The fourth-order valence-electron chi connectivity index (χ4n) is 3.60. The molecule has 0 radical (unpaired) electrons. The lowest BCUT2D eigenvalue weighted by Crippen LogP contribution is -1.83. The Morgan fingerprint density at radius 2 is 1.79 bits per heavy atom. The highest BCUT2D eigenvalue weighted by Gasteiger charge is 2.16. The van der Waals surface area contributed by atoms with Gasteiger partial charge in [0, 0.05) is 35.1 Å². The lowest BCUT2D eigenvalue weighted by atomic mass is 10.0. The Bertz CT molecular complexity index is 1450. The number of benzene rings is 1. The minimum Gasteiger partial charge on any atom is -0.472 e. The Hall–Kier alpha value is -4.26. The fourth-order valence-corrected chi connectivity index (χ4v) is 3.60. The van der Waals surface area contributed by atoms with E-state index in [1.807, 2.05) is 30.3 Å². The smallest absolute Gasteiger partial charge is 0.178 e. The molecule has 6 rings (SSSR count). The van der Waals surface area contributed by atoms with Crippen molar-refractivity contribution in [1.29, 1.82) is 0 Å². The monoisotopic (exact) mass is 378 g/mol. The molecule has 0 saturated heterocycles. The van der Waals surface area contributed by atoms with E-state index in [1.54, 1.807) is 31.1 Å². The summed E-state index contributed by atoms with van der Waals surface area (Å²) in [5.41, 5.74) is 7.34. The van der Waals surface area contributed by atoms with Gasteiger partial charge < -0.3 is 9.40 Å². The van der Waals surface area contributed by atoms with Gasteiger partial charge in [-0.05, 0) is 47.5 Å². The van der Waals surface area contributed by atoms with Gasteiger partial charge in [0.1, 0.15) is 5.69 Å². The number of pyridine rings is 2. The molecule has 29 heavy (non-hydrogen) atoms. The number of aromatic amines is 2. The zero-order chi connectivity index (χ0) is 19.2. The van der Waals surface area contributed by atoms with Crippen LogP contribution < -0.4 is 0 Å². The van der Waals surface area contributed by atoms with Gasteiger partial charge in [0.2, 0.25) is 0 Å². The molecule has 0 saturated carbocycles. The molecule has 0 unspecified atom stereocenters. The Labute approximate surface area is 164 Å². The van der Waals surface area contributed by atoms with E-state index in [0.29, 0.717) is 11.5 Å². The van der Waals surface area contributed by atoms with Crippen LogP contribution in [0.25, 0.3) is 55.8 Å². The quantitative estimate of drug-likeness (QED) is 0.460. The van der Waals surface area contributed by atoms with Crippen molar-refractivity contribution in [3.63, 3.8) is 0 Å². The number of hydrogen-bond donors (Lipinski definition) is 2. The van der Waals surface area contributed by atoms with Crippen molar-refractivity contribution in [2.75, 3.05) is 0 Å². The maximum Gasteiger partial charge on any atom is 0.178 e. The summed E-state index contributed by atoms with van der Waals surface area (Å²) in [5, 5.41) is 8.59. The first-order chi connectivity index (χ1) is 14.4. The summed E-state index contributed by atoms with van der Waals surface area (Å²) < 4.78 is 5.23. The first-order valence-electron chi connectivity index (χ1n) is 9.13. The van der Waals surface area contributed by atoms with Crippen molar-refractivity contribution in [3.05, 3.63) is 73.6 Å². The highest BCUT2D eigenvalue weighted by atomic mass is 16.3. The second kappa shape index (κ2) is 6.13. The van der Waals surface area contributed by atoms with E-state index in [4.69, 9.17) is 4.42 Å². The maximum atomic E-state index is 5.23. The van der Waals surface area contributed by atoms with Crippen LogP contribution in [0.5, 0.6) is 0 Å². The van der Waals surface area contributed by atoms with Crippen LogP contribution in [0.15, 0.2) is 78.0 Å². The van der Waals surface area contributed by atoms with E-state index >= 15 is 0 Å². The maximum absolute atomic E-state index is 5.23. The third-order valence-electron chi connectivity index (χ3n) is 5.03. The average molecular weight is 378 g/mol. The van der Waals surface area contributed by atoms with Crippen LogP contribution in [-0.4, -0.2) is 30.1 Å². The number of furan rings is 1.